The van der Waals surface area contributed by atoms with Crippen LogP contribution in [0.5, 0.6) is 11.5 Å². The number of amides is 1. The van der Waals surface area contributed by atoms with E-state index in [9.17, 15) is 4.79 Å². The lowest BCUT2D eigenvalue weighted by atomic mass is 10.1. The molecule has 1 fully saturated rings. The Labute approximate surface area is 146 Å². The maximum Gasteiger partial charge on any atom is 0.231 e. The molecule has 6 heteroatoms. The summed E-state index contributed by atoms with van der Waals surface area (Å²) in [5.41, 5.74) is 2.76. The van der Waals surface area contributed by atoms with Crippen LogP contribution in [0.15, 0.2) is 42.5 Å². The second-order valence-electron chi connectivity index (χ2n) is 6.03. The molecule has 130 valence electrons. The van der Waals surface area contributed by atoms with Crippen LogP contribution in [0.25, 0.3) is 0 Å². The van der Waals surface area contributed by atoms with E-state index in [1.54, 1.807) is 0 Å². The maximum absolute atomic E-state index is 12.5. The molecule has 6 nitrogen and oxygen atoms in total. The second-order valence-corrected chi connectivity index (χ2v) is 6.03. The van der Waals surface area contributed by atoms with Crippen molar-refractivity contribution in [1.82, 2.24) is 0 Å². The quantitative estimate of drug-likeness (QED) is 0.926. The summed E-state index contributed by atoms with van der Waals surface area (Å²) in [7, 11) is 0. The minimum Gasteiger partial charge on any atom is -0.454 e. The Hall–Kier alpha value is -2.73. The number of rotatable bonds is 4. The fraction of sp³-hybridized carbons (Fsp3) is 0.316. The van der Waals surface area contributed by atoms with Crippen molar-refractivity contribution in [2.24, 2.45) is 0 Å². The number of benzene rings is 2. The summed E-state index contributed by atoms with van der Waals surface area (Å²) in [5, 5.41) is 3.03. The van der Waals surface area contributed by atoms with Crippen molar-refractivity contribution in [3.63, 3.8) is 0 Å². The number of para-hydroxylation sites is 2. The monoisotopic (exact) mass is 340 g/mol. The molecule has 2 aliphatic rings. The van der Waals surface area contributed by atoms with E-state index in [1.165, 1.54) is 0 Å². The summed E-state index contributed by atoms with van der Waals surface area (Å²) >= 11 is 0. The number of hydrogen-bond acceptors (Lipinski definition) is 5. The van der Waals surface area contributed by atoms with Gasteiger partial charge in [-0.25, -0.2) is 0 Å². The van der Waals surface area contributed by atoms with Gasteiger partial charge in [0.25, 0.3) is 0 Å². The van der Waals surface area contributed by atoms with Gasteiger partial charge in [-0.05, 0) is 29.8 Å². The van der Waals surface area contributed by atoms with E-state index in [0.717, 1.165) is 35.8 Å². The van der Waals surface area contributed by atoms with Gasteiger partial charge >= 0.3 is 0 Å². The molecule has 25 heavy (non-hydrogen) atoms. The van der Waals surface area contributed by atoms with Gasteiger partial charge in [0.05, 0.1) is 31.0 Å². The summed E-state index contributed by atoms with van der Waals surface area (Å²) < 4.78 is 16.1. The third-order valence-electron chi connectivity index (χ3n) is 4.33. The fourth-order valence-corrected chi connectivity index (χ4v) is 3.09. The molecule has 0 aromatic heterocycles. The van der Waals surface area contributed by atoms with E-state index in [0.29, 0.717) is 19.0 Å². The molecule has 1 N–H and O–H groups in total. The predicted octanol–water partition coefficient (Wildman–Crippen LogP) is 2.43. The van der Waals surface area contributed by atoms with Gasteiger partial charge in [0.1, 0.15) is 0 Å². The second kappa shape index (κ2) is 7.03. The molecule has 0 unspecified atom stereocenters. The van der Waals surface area contributed by atoms with Crippen LogP contribution in [0.3, 0.4) is 0 Å². The van der Waals surface area contributed by atoms with Crippen LogP contribution in [-0.2, 0) is 16.0 Å². The lowest BCUT2D eigenvalue weighted by Gasteiger charge is -2.30. The van der Waals surface area contributed by atoms with Gasteiger partial charge in [-0.15, -0.1) is 0 Å². The Bertz CT molecular complexity index is 772. The number of fused-ring (bicyclic) bond motifs is 1. The first kappa shape index (κ1) is 15.8. The van der Waals surface area contributed by atoms with Gasteiger partial charge in [0, 0.05) is 13.1 Å². The number of nitrogens with zero attached hydrogens (tertiary/aromatic N) is 1. The van der Waals surface area contributed by atoms with E-state index in [2.05, 4.69) is 10.2 Å². The average molecular weight is 340 g/mol. The van der Waals surface area contributed by atoms with Crippen LogP contribution < -0.4 is 19.7 Å². The highest BCUT2D eigenvalue weighted by Crippen LogP contribution is 2.33. The van der Waals surface area contributed by atoms with Crippen molar-refractivity contribution < 1.29 is 19.0 Å². The molecular formula is C19H20N2O4. The maximum atomic E-state index is 12.5. The Morgan fingerprint density at radius 3 is 2.72 bits per heavy atom. The molecule has 2 heterocycles. The first-order chi connectivity index (χ1) is 12.3. The largest absolute Gasteiger partial charge is 0.454 e. The zero-order chi connectivity index (χ0) is 17.1. The van der Waals surface area contributed by atoms with Crippen molar-refractivity contribution in [3.8, 4) is 11.5 Å². The van der Waals surface area contributed by atoms with Crippen molar-refractivity contribution in [1.29, 1.82) is 0 Å². The molecule has 1 amide bonds. The highest BCUT2D eigenvalue weighted by Gasteiger charge is 2.17. The minimum atomic E-state index is -0.0559. The zero-order valence-corrected chi connectivity index (χ0v) is 13.9. The number of carbonyl (C=O) groups excluding carboxylic acids is 1. The summed E-state index contributed by atoms with van der Waals surface area (Å²) in [4.78, 5) is 14.7. The average Bonchev–Trinajstić information content (AvgIpc) is 3.10. The van der Waals surface area contributed by atoms with Gasteiger partial charge in [0.2, 0.25) is 12.7 Å². The third-order valence-corrected chi connectivity index (χ3v) is 4.33. The summed E-state index contributed by atoms with van der Waals surface area (Å²) in [5.74, 6) is 1.36. The van der Waals surface area contributed by atoms with Gasteiger partial charge in [-0.2, -0.15) is 0 Å². The molecule has 1 saturated heterocycles. The number of morpholine rings is 1. The first-order valence-corrected chi connectivity index (χ1v) is 8.40. The van der Waals surface area contributed by atoms with Gasteiger partial charge < -0.3 is 24.4 Å². The van der Waals surface area contributed by atoms with Crippen LogP contribution in [-0.4, -0.2) is 39.0 Å². The summed E-state index contributed by atoms with van der Waals surface area (Å²) in [6, 6.07) is 13.5. The Kier molecular flexibility index (Phi) is 4.43. The van der Waals surface area contributed by atoms with Crippen LogP contribution in [0, 0.1) is 0 Å². The highest BCUT2D eigenvalue weighted by molar-refractivity contribution is 5.95. The normalized spacial score (nSPS) is 15.9. The molecule has 0 aliphatic carbocycles. The number of ether oxygens (including phenoxy) is 3. The third kappa shape index (κ3) is 3.53. The SMILES string of the molecule is O=C(Cc1ccc2c(c1)OCO2)Nc1ccccc1N1CCOCC1. The molecule has 0 saturated carbocycles. The molecular weight excluding hydrogens is 320 g/mol. The number of hydrogen-bond donors (Lipinski definition) is 1. The fourth-order valence-electron chi connectivity index (χ4n) is 3.09. The minimum absolute atomic E-state index is 0.0559. The first-order valence-electron chi connectivity index (χ1n) is 8.40. The van der Waals surface area contributed by atoms with Crippen molar-refractivity contribution in [2.75, 3.05) is 43.3 Å². The molecule has 2 aliphatic heterocycles. The molecule has 0 spiro atoms. The summed E-state index contributed by atoms with van der Waals surface area (Å²) in [6.45, 7) is 3.31. The summed E-state index contributed by atoms with van der Waals surface area (Å²) in [6.07, 6.45) is 0.286. The van der Waals surface area contributed by atoms with E-state index < -0.39 is 0 Å². The Morgan fingerprint density at radius 2 is 1.84 bits per heavy atom. The van der Waals surface area contributed by atoms with E-state index in [1.807, 2.05) is 42.5 Å². The molecule has 2 aromatic rings. The highest BCUT2D eigenvalue weighted by atomic mass is 16.7. The number of nitrogens with one attached hydrogen (secondary N) is 1. The van der Waals surface area contributed by atoms with Crippen LogP contribution >= 0.6 is 0 Å². The number of carbonyl (C=O) groups is 1. The Balaban J connectivity index is 1.46. The lowest BCUT2D eigenvalue weighted by molar-refractivity contribution is -0.115. The molecule has 0 radical (unpaired) electrons. The van der Waals surface area contributed by atoms with Crippen LogP contribution in [0.1, 0.15) is 5.56 Å². The molecule has 4 rings (SSSR count). The standard InChI is InChI=1S/C19H20N2O4/c22-19(12-14-5-6-17-18(11-14)25-13-24-17)20-15-3-1-2-4-16(15)21-7-9-23-10-8-21/h1-6,11H,7-10,12-13H2,(H,20,22). The van der Waals surface area contributed by atoms with E-state index in [4.69, 9.17) is 14.2 Å². The van der Waals surface area contributed by atoms with E-state index in [-0.39, 0.29) is 19.1 Å². The molecule has 0 atom stereocenters. The van der Waals surface area contributed by atoms with E-state index >= 15 is 0 Å². The van der Waals surface area contributed by atoms with Gasteiger partial charge in [-0.1, -0.05) is 18.2 Å². The van der Waals surface area contributed by atoms with Crippen molar-refractivity contribution in [2.45, 2.75) is 6.42 Å². The smallest absolute Gasteiger partial charge is 0.231 e. The van der Waals surface area contributed by atoms with Gasteiger partial charge in [0.15, 0.2) is 11.5 Å². The van der Waals surface area contributed by atoms with Crippen LogP contribution in [0.2, 0.25) is 0 Å². The molecule has 2 aromatic carbocycles. The van der Waals surface area contributed by atoms with Gasteiger partial charge in [-0.3, -0.25) is 4.79 Å². The predicted molar refractivity (Wildman–Crippen MR) is 94.4 cm³/mol. The van der Waals surface area contributed by atoms with Crippen molar-refractivity contribution in [3.05, 3.63) is 48.0 Å². The lowest BCUT2D eigenvalue weighted by Crippen LogP contribution is -2.36. The zero-order valence-electron chi connectivity index (χ0n) is 13.9. The number of anilines is 2. The van der Waals surface area contributed by atoms with Crippen molar-refractivity contribution >= 4 is 17.3 Å². The Morgan fingerprint density at radius 1 is 1.04 bits per heavy atom. The topological polar surface area (TPSA) is 60.0 Å². The molecule has 0 bridgehead atoms. The van der Waals surface area contributed by atoms with Crippen LogP contribution in [0.4, 0.5) is 11.4 Å².